The number of para-hydroxylation sites is 1. The zero-order valence-corrected chi connectivity index (χ0v) is 18.9. The molecule has 1 aromatic heterocycles. The molecule has 2 heterocycles. The van der Waals surface area contributed by atoms with E-state index in [9.17, 15) is 26.8 Å². The molecule has 0 unspecified atom stereocenters. The van der Waals surface area contributed by atoms with E-state index in [-0.39, 0.29) is 39.0 Å². The molecule has 0 radical (unpaired) electrons. The lowest BCUT2D eigenvalue weighted by atomic mass is 10.2. The Morgan fingerprint density at radius 2 is 1.68 bits per heavy atom. The average molecular weight is 500 g/mol. The predicted octanol–water partition coefficient (Wildman–Crippen LogP) is 3.60. The molecule has 34 heavy (non-hydrogen) atoms. The standard InChI is InChI=1S/C23H15F2N3O4S2/c24-14-9-10-19(17(25)13-14)28-22(30)15-5-1-3-7-18(15)26-23(28)33-12-11-27-21(29)16-6-2-4-8-20(16)34(27,31)32/h1-10,13H,11-12H2. The van der Waals surface area contributed by atoms with Crippen molar-refractivity contribution in [2.24, 2.45) is 0 Å². The van der Waals surface area contributed by atoms with Gasteiger partial charge in [0, 0.05) is 18.4 Å². The van der Waals surface area contributed by atoms with Crippen molar-refractivity contribution in [1.82, 2.24) is 13.9 Å². The fourth-order valence-electron chi connectivity index (χ4n) is 3.76. The third-order valence-corrected chi connectivity index (χ3v) is 8.09. The number of nitrogens with zero attached hydrogens (tertiary/aromatic N) is 3. The molecule has 0 saturated carbocycles. The molecule has 172 valence electrons. The molecule has 0 aliphatic carbocycles. The van der Waals surface area contributed by atoms with Gasteiger partial charge in [0.25, 0.3) is 21.5 Å². The summed E-state index contributed by atoms with van der Waals surface area (Å²) >= 11 is 0.985. The number of carbonyl (C=O) groups is 1. The summed E-state index contributed by atoms with van der Waals surface area (Å²) < 4.78 is 55.4. The van der Waals surface area contributed by atoms with E-state index in [2.05, 4.69) is 4.98 Å². The number of sulfonamides is 1. The molecule has 1 amide bonds. The SMILES string of the molecule is O=C1c2ccccc2S(=O)(=O)N1CCSc1nc2ccccc2c(=O)n1-c1ccc(F)cc1F. The Hall–Kier alpha value is -3.57. The van der Waals surface area contributed by atoms with E-state index in [0.29, 0.717) is 11.6 Å². The maximum Gasteiger partial charge on any atom is 0.269 e. The monoisotopic (exact) mass is 499 g/mol. The quantitative estimate of drug-likeness (QED) is 0.308. The van der Waals surface area contributed by atoms with Crippen molar-refractivity contribution in [2.45, 2.75) is 10.1 Å². The number of halogens is 2. The smallest absolute Gasteiger partial charge is 0.268 e. The first-order valence-electron chi connectivity index (χ1n) is 10.0. The molecule has 0 fully saturated rings. The zero-order chi connectivity index (χ0) is 24.0. The summed E-state index contributed by atoms with van der Waals surface area (Å²) in [6.45, 7) is -0.185. The summed E-state index contributed by atoms with van der Waals surface area (Å²) in [5.41, 5.74) is -0.284. The van der Waals surface area contributed by atoms with Crippen LogP contribution in [0.1, 0.15) is 10.4 Å². The second-order valence-electron chi connectivity index (χ2n) is 7.37. The lowest BCUT2D eigenvalue weighted by Gasteiger charge is -2.16. The van der Waals surface area contributed by atoms with E-state index < -0.39 is 33.1 Å². The van der Waals surface area contributed by atoms with E-state index in [1.54, 1.807) is 30.3 Å². The highest BCUT2D eigenvalue weighted by molar-refractivity contribution is 7.99. The summed E-state index contributed by atoms with van der Waals surface area (Å²) in [4.78, 5) is 30.2. The summed E-state index contributed by atoms with van der Waals surface area (Å²) in [6, 6.07) is 15.3. The topological polar surface area (TPSA) is 89.3 Å². The first kappa shape index (κ1) is 22.2. The number of benzene rings is 3. The number of carbonyl (C=O) groups excluding carboxylic acids is 1. The van der Waals surface area contributed by atoms with Gasteiger partial charge in [-0.3, -0.25) is 14.2 Å². The number of amides is 1. The molecule has 0 N–H and O–H groups in total. The van der Waals surface area contributed by atoms with Crippen LogP contribution in [0.25, 0.3) is 16.6 Å². The van der Waals surface area contributed by atoms with Gasteiger partial charge in [0.15, 0.2) is 5.16 Å². The summed E-state index contributed by atoms with van der Waals surface area (Å²) in [7, 11) is -3.99. The Morgan fingerprint density at radius 3 is 2.44 bits per heavy atom. The fraction of sp³-hybridized carbons (Fsp3) is 0.0870. The molecule has 0 bridgehead atoms. The Morgan fingerprint density at radius 1 is 0.941 bits per heavy atom. The van der Waals surface area contributed by atoms with Crippen LogP contribution >= 0.6 is 11.8 Å². The normalized spacial score (nSPS) is 14.5. The van der Waals surface area contributed by atoms with Gasteiger partial charge in [-0.15, -0.1) is 0 Å². The first-order valence-corrected chi connectivity index (χ1v) is 12.5. The van der Waals surface area contributed by atoms with Gasteiger partial charge in [0.2, 0.25) is 0 Å². The molecule has 11 heteroatoms. The van der Waals surface area contributed by atoms with Gasteiger partial charge < -0.3 is 0 Å². The predicted molar refractivity (Wildman–Crippen MR) is 123 cm³/mol. The minimum atomic E-state index is -3.99. The van der Waals surface area contributed by atoms with E-state index >= 15 is 0 Å². The summed E-state index contributed by atoms with van der Waals surface area (Å²) in [5, 5.41) is 0.319. The van der Waals surface area contributed by atoms with Crippen LogP contribution in [0, 0.1) is 11.6 Å². The van der Waals surface area contributed by atoms with Crippen molar-refractivity contribution >= 4 is 38.6 Å². The highest BCUT2D eigenvalue weighted by Crippen LogP contribution is 2.31. The molecule has 0 atom stereocenters. The third kappa shape index (κ3) is 3.57. The van der Waals surface area contributed by atoms with E-state index in [4.69, 9.17) is 0 Å². The Bertz CT molecular complexity index is 1640. The lowest BCUT2D eigenvalue weighted by Crippen LogP contribution is -2.32. The van der Waals surface area contributed by atoms with Crippen LogP contribution in [0.4, 0.5) is 8.78 Å². The van der Waals surface area contributed by atoms with Crippen molar-refractivity contribution in [3.05, 3.63) is 94.3 Å². The zero-order valence-electron chi connectivity index (χ0n) is 17.3. The first-order chi connectivity index (χ1) is 16.3. The fourth-order valence-corrected chi connectivity index (χ4v) is 6.37. The Labute approximate surface area is 196 Å². The number of hydrogen-bond acceptors (Lipinski definition) is 6. The highest BCUT2D eigenvalue weighted by Gasteiger charge is 2.40. The Kier molecular flexibility index (Phi) is 5.45. The van der Waals surface area contributed by atoms with Crippen LogP contribution in [0.15, 0.2) is 81.6 Å². The van der Waals surface area contributed by atoms with Crippen molar-refractivity contribution in [2.75, 3.05) is 12.3 Å². The number of rotatable bonds is 5. The molecule has 1 aliphatic heterocycles. The molecule has 5 rings (SSSR count). The van der Waals surface area contributed by atoms with Crippen molar-refractivity contribution in [1.29, 1.82) is 0 Å². The van der Waals surface area contributed by atoms with Gasteiger partial charge in [-0.05, 0) is 36.4 Å². The van der Waals surface area contributed by atoms with Crippen molar-refractivity contribution < 1.29 is 22.0 Å². The number of aromatic nitrogens is 2. The molecule has 0 spiro atoms. The lowest BCUT2D eigenvalue weighted by molar-refractivity contribution is 0.0876. The van der Waals surface area contributed by atoms with Gasteiger partial charge in [-0.2, -0.15) is 0 Å². The van der Waals surface area contributed by atoms with Gasteiger partial charge in [-0.25, -0.2) is 26.5 Å². The van der Waals surface area contributed by atoms with Gasteiger partial charge in [0.1, 0.15) is 16.5 Å². The van der Waals surface area contributed by atoms with E-state index in [0.717, 1.165) is 32.8 Å². The average Bonchev–Trinajstić information content (AvgIpc) is 3.01. The molecular weight excluding hydrogens is 484 g/mol. The minimum absolute atomic E-state index is 0.0482. The van der Waals surface area contributed by atoms with E-state index in [1.165, 1.54) is 18.2 Å². The molecule has 7 nitrogen and oxygen atoms in total. The van der Waals surface area contributed by atoms with Crippen LogP contribution in [-0.4, -0.2) is 40.5 Å². The van der Waals surface area contributed by atoms with Crippen molar-refractivity contribution in [3.8, 4) is 5.69 Å². The molecule has 1 aliphatic rings. The minimum Gasteiger partial charge on any atom is -0.268 e. The third-order valence-electron chi connectivity index (χ3n) is 5.33. The highest BCUT2D eigenvalue weighted by atomic mass is 32.2. The number of fused-ring (bicyclic) bond motifs is 2. The van der Waals surface area contributed by atoms with Gasteiger partial charge in [0.05, 0.1) is 22.2 Å². The van der Waals surface area contributed by atoms with Gasteiger partial charge in [-0.1, -0.05) is 36.0 Å². The maximum absolute atomic E-state index is 14.6. The number of thioether (sulfide) groups is 1. The van der Waals surface area contributed by atoms with Crippen LogP contribution in [0.3, 0.4) is 0 Å². The second-order valence-corrected chi connectivity index (χ2v) is 10.3. The molecule has 0 saturated heterocycles. The molecular formula is C23H15F2N3O4S2. The molecule has 3 aromatic carbocycles. The van der Waals surface area contributed by atoms with Crippen LogP contribution in [-0.2, 0) is 10.0 Å². The van der Waals surface area contributed by atoms with E-state index in [1.807, 2.05) is 0 Å². The van der Waals surface area contributed by atoms with Gasteiger partial charge >= 0.3 is 0 Å². The summed E-state index contributed by atoms with van der Waals surface area (Å²) in [6.07, 6.45) is 0. The summed E-state index contributed by atoms with van der Waals surface area (Å²) in [5.74, 6) is -2.33. The Balaban J connectivity index is 1.51. The van der Waals surface area contributed by atoms with Crippen LogP contribution in [0.2, 0.25) is 0 Å². The largest absolute Gasteiger partial charge is 0.269 e. The maximum atomic E-state index is 14.6. The number of hydrogen-bond donors (Lipinski definition) is 0. The molecule has 4 aromatic rings. The van der Waals surface area contributed by atoms with Crippen molar-refractivity contribution in [3.63, 3.8) is 0 Å². The van der Waals surface area contributed by atoms with Crippen LogP contribution < -0.4 is 5.56 Å². The second kappa shape index (κ2) is 8.33. The van der Waals surface area contributed by atoms with Crippen LogP contribution in [0.5, 0.6) is 0 Å².